The van der Waals surface area contributed by atoms with E-state index >= 15 is 0 Å². The Hall–Kier alpha value is -1.87. The molecular formula is C19H22N2S. The van der Waals surface area contributed by atoms with Crippen molar-refractivity contribution in [2.75, 3.05) is 10.6 Å². The average molecular weight is 310 g/mol. The minimum absolute atomic E-state index is 0.514. The first-order valence-electron chi connectivity index (χ1n) is 7.91. The first-order valence-corrected chi connectivity index (χ1v) is 8.32. The van der Waals surface area contributed by atoms with Crippen LogP contribution in [0.25, 0.3) is 0 Å². The zero-order chi connectivity index (χ0) is 15.5. The van der Waals surface area contributed by atoms with Gasteiger partial charge in [-0.15, -0.1) is 0 Å². The fourth-order valence-corrected chi connectivity index (χ4v) is 3.15. The Balaban J connectivity index is 1.66. The van der Waals surface area contributed by atoms with Crippen LogP contribution in [0.15, 0.2) is 42.5 Å². The molecule has 0 heterocycles. The van der Waals surface area contributed by atoms with Gasteiger partial charge in [0.05, 0.1) is 0 Å². The van der Waals surface area contributed by atoms with E-state index < -0.39 is 0 Å². The number of thiocarbonyl (C=S) groups is 1. The van der Waals surface area contributed by atoms with Gasteiger partial charge < -0.3 is 10.6 Å². The summed E-state index contributed by atoms with van der Waals surface area (Å²) in [5.74, 6) is 0.514. The van der Waals surface area contributed by atoms with Crippen molar-refractivity contribution >= 4 is 28.7 Å². The lowest BCUT2D eigenvalue weighted by Gasteiger charge is -2.13. The highest BCUT2D eigenvalue weighted by Crippen LogP contribution is 2.25. The van der Waals surface area contributed by atoms with Gasteiger partial charge >= 0.3 is 0 Å². The lowest BCUT2D eigenvalue weighted by molar-refractivity contribution is 0.867. The largest absolute Gasteiger partial charge is 0.332 e. The van der Waals surface area contributed by atoms with Gasteiger partial charge in [0.1, 0.15) is 0 Å². The maximum Gasteiger partial charge on any atom is 0.175 e. The van der Waals surface area contributed by atoms with Gasteiger partial charge in [-0.25, -0.2) is 0 Å². The third kappa shape index (κ3) is 3.47. The summed E-state index contributed by atoms with van der Waals surface area (Å²) < 4.78 is 0. The van der Waals surface area contributed by atoms with Crippen molar-refractivity contribution in [3.05, 3.63) is 59.2 Å². The molecule has 0 unspecified atom stereocenters. The average Bonchev–Trinajstić information content (AvgIpc) is 2.95. The van der Waals surface area contributed by atoms with Gasteiger partial charge in [-0.3, -0.25) is 0 Å². The number of fused-ring (bicyclic) bond motifs is 1. The van der Waals surface area contributed by atoms with Gasteiger partial charge in [0.25, 0.3) is 0 Å². The Kier molecular flexibility index (Phi) is 4.44. The van der Waals surface area contributed by atoms with Crippen LogP contribution in [0.2, 0.25) is 0 Å². The number of benzene rings is 2. The third-order valence-electron chi connectivity index (χ3n) is 4.17. The number of aryl methyl sites for hydroxylation is 2. The molecule has 3 rings (SSSR count). The van der Waals surface area contributed by atoms with Crippen LogP contribution < -0.4 is 10.6 Å². The molecule has 0 fully saturated rings. The van der Waals surface area contributed by atoms with E-state index in [0.717, 1.165) is 11.4 Å². The van der Waals surface area contributed by atoms with Crippen LogP contribution in [0.3, 0.4) is 0 Å². The second kappa shape index (κ2) is 6.49. The highest BCUT2D eigenvalue weighted by atomic mass is 32.1. The Morgan fingerprint density at radius 2 is 1.68 bits per heavy atom. The molecule has 0 saturated carbocycles. The number of hydrogen-bond donors (Lipinski definition) is 2. The first kappa shape index (κ1) is 15.0. The highest BCUT2D eigenvalue weighted by Gasteiger charge is 2.11. The summed E-state index contributed by atoms with van der Waals surface area (Å²) in [6, 6.07) is 15.0. The summed E-state index contributed by atoms with van der Waals surface area (Å²) in [7, 11) is 0. The molecule has 2 N–H and O–H groups in total. The van der Waals surface area contributed by atoms with Crippen molar-refractivity contribution in [1.82, 2.24) is 0 Å². The topological polar surface area (TPSA) is 24.1 Å². The maximum absolute atomic E-state index is 5.43. The number of hydrogen-bond acceptors (Lipinski definition) is 1. The molecule has 1 aliphatic rings. The van der Waals surface area contributed by atoms with Gasteiger partial charge in [0.15, 0.2) is 5.11 Å². The van der Waals surface area contributed by atoms with Crippen LogP contribution in [0, 0.1) is 0 Å². The summed E-state index contributed by atoms with van der Waals surface area (Å²) in [5, 5.41) is 7.20. The fraction of sp³-hybridized carbons (Fsp3) is 0.316. The fourth-order valence-electron chi connectivity index (χ4n) is 2.92. The molecule has 0 aromatic heterocycles. The first-order chi connectivity index (χ1) is 10.6. The van der Waals surface area contributed by atoms with E-state index in [0.29, 0.717) is 11.0 Å². The molecule has 1 aliphatic carbocycles. The van der Waals surface area contributed by atoms with Crippen LogP contribution in [-0.4, -0.2) is 5.11 Å². The predicted octanol–water partition coefficient (Wildman–Crippen LogP) is 5.11. The van der Waals surface area contributed by atoms with E-state index in [9.17, 15) is 0 Å². The Morgan fingerprint density at radius 1 is 0.955 bits per heavy atom. The minimum atomic E-state index is 0.514. The third-order valence-corrected chi connectivity index (χ3v) is 4.37. The van der Waals surface area contributed by atoms with Crippen LogP contribution >= 0.6 is 12.2 Å². The smallest absolute Gasteiger partial charge is 0.175 e. The lowest BCUT2D eigenvalue weighted by atomic mass is 10.0. The summed E-state index contributed by atoms with van der Waals surface area (Å²) in [4.78, 5) is 0. The van der Waals surface area contributed by atoms with Crippen LogP contribution in [0.1, 0.15) is 42.9 Å². The van der Waals surface area contributed by atoms with Crippen molar-refractivity contribution in [2.45, 2.75) is 39.0 Å². The summed E-state index contributed by atoms with van der Waals surface area (Å²) >= 11 is 5.43. The number of anilines is 2. The maximum atomic E-state index is 5.43. The van der Waals surface area contributed by atoms with E-state index in [-0.39, 0.29) is 0 Å². The van der Waals surface area contributed by atoms with Gasteiger partial charge in [-0.05, 0) is 78.4 Å². The van der Waals surface area contributed by atoms with Gasteiger partial charge in [-0.1, -0.05) is 32.0 Å². The van der Waals surface area contributed by atoms with E-state index in [1.165, 1.54) is 36.0 Å². The molecular weight excluding hydrogens is 288 g/mol. The summed E-state index contributed by atoms with van der Waals surface area (Å²) in [6.07, 6.45) is 3.66. The SMILES string of the molecule is CC(C)c1cccc(NC(=S)Nc2ccc3c(c2)CCC3)c1. The Morgan fingerprint density at radius 3 is 2.45 bits per heavy atom. The molecule has 2 aromatic rings. The van der Waals surface area contributed by atoms with Gasteiger partial charge in [-0.2, -0.15) is 0 Å². The van der Waals surface area contributed by atoms with E-state index in [1.54, 1.807) is 0 Å². The normalized spacial score (nSPS) is 13.0. The molecule has 0 radical (unpaired) electrons. The van der Waals surface area contributed by atoms with E-state index in [4.69, 9.17) is 12.2 Å². The second-order valence-electron chi connectivity index (χ2n) is 6.20. The Labute approximate surface area is 137 Å². The number of rotatable bonds is 3. The molecule has 3 heteroatoms. The molecule has 0 atom stereocenters. The highest BCUT2D eigenvalue weighted by molar-refractivity contribution is 7.80. The molecule has 2 nitrogen and oxygen atoms in total. The summed E-state index contributed by atoms with van der Waals surface area (Å²) in [5.41, 5.74) is 6.34. The quantitative estimate of drug-likeness (QED) is 0.771. The minimum Gasteiger partial charge on any atom is -0.332 e. The van der Waals surface area contributed by atoms with Gasteiger partial charge in [0.2, 0.25) is 0 Å². The van der Waals surface area contributed by atoms with Crippen molar-refractivity contribution in [3.8, 4) is 0 Å². The van der Waals surface area contributed by atoms with Crippen LogP contribution in [0.4, 0.5) is 11.4 Å². The monoisotopic (exact) mass is 310 g/mol. The molecule has 22 heavy (non-hydrogen) atoms. The number of nitrogens with one attached hydrogen (secondary N) is 2. The van der Waals surface area contributed by atoms with E-state index in [2.05, 4.69) is 60.9 Å². The zero-order valence-electron chi connectivity index (χ0n) is 13.1. The molecule has 0 bridgehead atoms. The molecule has 0 aliphatic heterocycles. The zero-order valence-corrected chi connectivity index (χ0v) is 14.0. The standard InChI is InChI=1S/C19H22N2S/c1-13(2)15-6-4-8-17(11-15)20-19(22)21-18-10-9-14-5-3-7-16(14)12-18/h4,6,8-13H,3,5,7H2,1-2H3,(H2,20,21,22). The predicted molar refractivity (Wildman–Crippen MR) is 98.8 cm³/mol. The van der Waals surface area contributed by atoms with Crippen molar-refractivity contribution in [3.63, 3.8) is 0 Å². The molecule has 0 spiro atoms. The summed E-state index contributed by atoms with van der Waals surface area (Å²) in [6.45, 7) is 4.39. The second-order valence-corrected chi connectivity index (χ2v) is 6.60. The molecule has 2 aromatic carbocycles. The van der Waals surface area contributed by atoms with Gasteiger partial charge in [0, 0.05) is 11.4 Å². The Bertz CT molecular complexity index is 692. The van der Waals surface area contributed by atoms with Crippen molar-refractivity contribution in [2.24, 2.45) is 0 Å². The van der Waals surface area contributed by atoms with E-state index in [1.807, 2.05) is 6.07 Å². The lowest BCUT2D eigenvalue weighted by Crippen LogP contribution is -2.19. The van der Waals surface area contributed by atoms with Crippen molar-refractivity contribution < 1.29 is 0 Å². The van der Waals surface area contributed by atoms with Crippen LogP contribution in [0.5, 0.6) is 0 Å². The van der Waals surface area contributed by atoms with Crippen LogP contribution in [-0.2, 0) is 12.8 Å². The van der Waals surface area contributed by atoms with Crippen molar-refractivity contribution in [1.29, 1.82) is 0 Å². The molecule has 114 valence electrons. The molecule has 0 amide bonds. The molecule has 0 saturated heterocycles.